The van der Waals surface area contributed by atoms with Gasteiger partial charge in [0.15, 0.2) is 0 Å². The fourth-order valence-electron chi connectivity index (χ4n) is 2.75. The zero-order valence-electron chi connectivity index (χ0n) is 15.9. The third-order valence-corrected chi connectivity index (χ3v) is 5.48. The number of ether oxygens (including phenoxy) is 1. The molecule has 0 heterocycles. The van der Waals surface area contributed by atoms with Gasteiger partial charge in [0.2, 0.25) is 15.9 Å². The summed E-state index contributed by atoms with van der Waals surface area (Å²) in [5.41, 5.74) is 0.486. The SMILES string of the molecule is NS(=O)(=O)c1cc(NC(=O)Cc2ccccc2Cl)ccc1Oc1cccc(C(F)F)c1. The first kappa shape index (κ1) is 22.7. The Kier molecular flexibility index (Phi) is 6.89. The van der Waals surface area contributed by atoms with Gasteiger partial charge in [-0.3, -0.25) is 4.79 Å². The number of carbonyl (C=O) groups excluding carboxylic acids is 1. The van der Waals surface area contributed by atoms with Crippen LogP contribution in [-0.4, -0.2) is 14.3 Å². The van der Waals surface area contributed by atoms with Crippen LogP contribution in [0.3, 0.4) is 0 Å². The first-order chi connectivity index (χ1) is 14.6. The summed E-state index contributed by atoms with van der Waals surface area (Å²) in [4.78, 5) is 11.9. The molecule has 0 aliphatic carbocycles. The molecule has 0 bridgehead atoms. The lowest BCUT2D eigenvalue weighted by Crippen LogP contribution is -2.17. The highest BCUT2D eigenvalue weighted by Crippen LogP contribution is 2.32. The largest absolute Gasteiger partial charge is 0.456 e. The van der Waals surface area contributed by atoms with E-state index in [0.717, 1.165) is 12.1 Å². The van der Waals surface area contributed by atoms with Gasteiger partial charge in [-0.25, -0.2) is 22.3 Å². The number of benzene rings is 3. The fraction of sp³-hybridized carbons (Fsp3) is 0.0952. The molecule has 0 spiro atoms. The average Bonchev–Trinajstić information content (AvgIpc) is 2.70. The maximum Gasteiger partial charge on any atom is 0.263 e. The van der Waals surface area contributed by atoms with Crippen LogP contribution in [0, 0.1) is 0 Å². The topological polar surface area (TPSA) is 98.5 Å². The first-order valence-electron chi connectivity index (χ1n) is 8.89. The minimum atomic E-state index is -4.25. The maximum atomic E-state index is 12.9. The van der Waals surface area contributed by atoms with E-state index in [9.17, 15) is 22.0 Å². The van der Waals surface area contributed by atoms with Crippen molar-refractivity contribution in [3.05, 3.63) is 82.9 Å². The van der Waals surface area contributed by atoms with Crippen LogP contribution in [0.5, 0.6) is 11.5 Å². The lowest BCUT2D eigenvalue weighted by atomic mass is 10.1. The maximum absolute atomic E-state index is 12.9. The molecule has 0 aliphatic heterocycles. The Morgan fingerprint density at radius 2 is 1.81 bits per heavy atom. The smallest absolute Gasteiger partial charge is 0.263 e. The van der Waals surface area contributed by atoms with Crippen LogP contribution in [0.4, 0.5) is 14.5 Å². The molecular weight excluding hydrogens is 450 g/mol. The second-order valence-corrected chi connectivity index (χ2v) is 8.44. The third-order valence-electron chi connectivity index (χ3n) is 4.18. The van der Waals surface area contributed by atoms with Gasteiger partial charge in [0, 0.05) is 16.3 Å². The monoisotopic (exact) mass is 466 g/mol. The Labute approximate surface area is 182 Å². The summed E-state index contributed by atoms with van der Waals surface area (Å²) in [6, 6.07) is 15.7. The highest BCUT2D eigenvalue weighted by Gasteiger charge is 2.19. The molecular formula is C21H17ClF2N2O4S. The minimum absolute atomic E-state index is 0.0122. The standard InChI is InChI=1S/C21H17ClF2N2O4S/c22-17-7-2-1-4-13(17)11-20(27)26-15-8-9-18(19(12-15)31(25,28)29)30-16-6-3-5-14(10-16)21(23)24/h1-10,12,21H,11H2,(H,26,27)(H2,25,28,29). The van der Waals surface area contributed by atoms with E-state index in [1.54, 1.807) is 24.3 Å². The van der Waals surface area contributed by atoms with Gasteiger partial charge in [0.1, 0.15) is 16.4 Å². The lowest BCUT2D eigenvalue weighted by Gasteiger charge is -2.13. The number of hydrogen-bond donors (Lipinski definition) is 2. The molecule has 3 aromatic rings. The number of anilines is 1. The quantitative estimate of drug-likeness (QED) is 0.517. The van der Waals surface area contributed by atoms with E-state index >= 15 is 0 Å². The minimum Gasteiger partial charge on any atom is -0.456 e. The molecule has 3 aromatic carbocycles. The van der Waals surface area contributed by atoms with Crippen molar-refractivity contribution in [2.45, 2.75) is 17.7 Å². The number of amides is 1. The van der Waals surface area contributed by atoms with Crippen molar-refractivity contribution in [3.8, 4) is 11.5 Å². The Balaban J connectivity index is 1.84. The van der Waals surface area contributed by atoms with Crippen LogP contribution in [0.15, 0.2) is 71.6 Å². The molecule has 0 aromatic heterocycles. The summed E-state index contributed by atoms with van der Waals surface area (Å²) in [5, 5.41) is 8.28. The Morgan fingerprint density at radius 3 is 2.48 bits per heavy atom. The van der Waals surface area contributed by atoms with Crippen molar-refractivity contribution in [2.24, 2.45) is 5.14 Å². The predicted octanol–water partition coefficient (Wildman–Crippen LogP) is 4.90. The van der Waals surface area contributed by atoms with Crippen molar-refractivity contribution < 1.29 is 26.7 Å². The summed E-state index contributed by atoms with van der Waals surface area (Å²) >= 11 is 6.05. The van der Waals surface area contributed by atoms with Gasteiger partial charge in [0.05, 0.1) is 6.42 Å². The molecule has 0 saturated heterocycles. The van der Waals surface area contributed by atoms with Gasteiger partial charge < -0.3 is 10.1 Å². The summed E-state index contributed by atoms with van der Waals surface area (Å²) in [7, 11) is -4.25. The highest BCUT2D eigenvalue weighted by atomic mass is 35.5. The van der Waals surface area contributed by atoms with Gasteiger partial charge in [-0.2, -0.15) is 0 Å². The number of nitrogens with two attached hydrogens (primary N) is 1. The molecule has 1 amide bonds. The van der Waals surface area contributed by atoms with Crippen LogP contribution in [-0.2, 0) is 21.2 Å². The van der Waals surface area contributed by atoms with E-state index in [2.05, 4.69) is 5.32 Å². The number of primary sulfonamides is 1. The van der Waals surface area contributed by atoms with Crippen LogP contribution in [0.1, 0.15) is 17.6 Å². The number of halogens is 3. The zero-order chi connectivity index (χ0) is 22.6. The van der Waals surface area contributed by atoms with Crippen molar-refractivity contribution in [3.63, 3.8) is 0 Å². The van der Waals surface area contributed by atoms with E-state index < -0.39 is 27.3 Å². The van der Waals surface area contributed by atoms with Gasteiger partial charge in [0.25, 0.3) is 6.43 Å². The molecule has 0 radical (unpaired) electrons. The number of hydrogen-bond acceptors (Lipinski definition) is 4. The molecule has 0 unspecified atom stereocenters. The van der Waals surface area contributed by atoms with E-state index in [1.165, 1.54) is 30.3 Å². The molecule has 0 saturated carbocycles. The first-order valence-corrected chi connectivity index (χ1v) is 10.8. The van der Waals surface area contributed by atoms with Gasteiger partial charge in [-0.1, -0.05) is 41.9 Å². The van der Waals surface area contributed by atoms with Gasteiger partial charge in [-0.15, -0.1) is 0 Å². The molecule has 10 heteroatoms. The molecule has 0 fully saturated rings. The van der Waals surface area contributed by atoms with Crippen molar-refractivity contribution in [1.82, 2.24) is 0 Å². The molecule has 3 N–H and O–H groups in total. The van der Waals surface area contributed by atoms with Crippen LogP contribution >= 0.6 is 11.6 Å². The summed E-state index contributed by atoms with van der Waals surface area (Å²) in [6.07, 6.45) is -2.74. The Morgan fingerprint density at radius 1 is 1.06 bits per heavy atom. The lowest BCUT2D eigenvalue weighted by molar-refractivity contribution is -0.115. The summed E-state index contributed by atoms with van der Waals surface area (Å²) < 4.78 is 55.3. The summed E-state index contributed by atoms with van der Waals surface area (Å²) in [6.45, 7) is 0. The van der Waals surface area contributed by atoms with E-state index in [4.69, 9.17) is 21.5 Å². The predicted molar refractivity (Wildman–Crippen MR) is 113 cm³/mol. The second kappa shape index (κ2) is 9.42. The molecule has 0 aliphatic rings. The number of carbonyl (C=O) groups is 1. The van der Waals surface area contributed by atoms with Crippen molar-refractivity contribution in [2.75, 3.05) is 5.32 Å². The zero-order valence-corrected chi connectivity index (χ0v) is 17.5. The van der Waals surface area contributed by atoms with E-state index in [0.29, 0.717) is 10.6 Å². The van der Waals surface area contributed by atoms with Crippen LogP contribution in [0.25, 0.3) is 0 Å². The number of rotatable bonds is 7. The van der Waals surface area contributed by atoms with Crippen LogP contribution in [0.2, 0.25) is 5.02 Å². The Hall–Kier alpha value is -3.01. The fourth-order valence-corrected chi connectivity index (χ4v) is 3.64. The Bertz CT molecular complexity index is 1220. The van der Waals surface area contributed by atoms with E-state index in [1.807, 2.05) is 0 Å². The number of sulfonamides is 1. The van der Waals surface area contributed by atoms with Crippen LogP contribution < -0.4 is 15.2 Å². The van der Waals surface area contributed by atoms with Crippen molar-refractivity contribution >= 4 is 33.2 Å². The molecule has 0 atom stereocenters. The average molecular weight is 467 g/mol. The number of alkyl halides is 2. The molecule has 6 nitrogen and oxygen atoms in total. The van der Waals surface area contributed by atoms with Gasteiger partial charge in [-0.05, 0) is 42.0 Å². The van der Waals surface area contributed by atoms with Crippen molar-refractivity contribution in [1.29, 1.82) is 0 Å². The third kappa shape index (κ3) is 6.00. The molecule has 162 valence electrons. The number of nitrogens with one attached hydrogen (secondary N) is 1. The summed E-state index contributed by atoms with van der Waals surface area (Å²) in [5.74, 6) is -0.581. The van der Waals surface area contributed by atoms with Gasteiger partial charge >= 0.3 is 0 Å². The molecule has 3 rings (SSSR count). The second-order valence-electron chi connectivity index (χ2n) is 6.50. The van der Waals surface area contributed by atoms with E-state index in [-0.39, 0.29) is 29.2 Å². The molecule has 31 heavy (non-hydrogen) atoms. The highest BCUT2D eigenvalue weighted by molar-refractivity contribution is 7.89. The normalized spacial score (nSPS) is 11.4.